The van der Waals surface area contributed by atoms with E-state index in [1.165, 1.54) is 0 Å². The summed E-state index contributed by atoms with van der Waals surface area (Å²) in [5, 5.41) is 0. The molecule has 4 nitrogen and oxygen atoms in total. The number of fused-ring (bicyclic) bond motifs is 1. The summed E-state index contributed by atoms with van der Waals surface area (Å²) in [6, 6.07) is 4.09. The van der Waals surface area contributed by atoms with Gasteiger partial charge in [-0.3, -0.25) is 4.79 Å². The van der Waals surface area contributed by atoms with Gasteiger partial charge in [0.15, 0.2) is 0 Å². The highest BCUT2D eigenvalue weighted by atomic mass is 16.7. The van der Waals surface area contributed by atoms with E-state index in [-0.39, 0.29) is 17.1 Å². The maximum atomic E-state index is 12.5. The van der Waals surface area contributed by atoms with Crippen LogP contribution < -0.4 is 10.4 Å². The molecule has 2 heterocycles. The molecule has 0 spiro atoms. The third kappa shape index (κ3) is 2.09. The largest absolute Gasteiger partial charge is 0.495 e. The zero-order valence-electron chi connectivity index (χ0n) is 15.4. The Labute approximate surface area is 139 Å². The number of carbonyl (C=O) groups is 1. The van der Waals surface area contributed by atoms with E-state index in [0.717, 1.165) is 22.3 Å². The normalized spacial score (nSPS) is 24.3. The summed E-state index contributed by atoms with van der Waals surface area (Å²) in [6.07, 6.45) is 0. The van der Waals surface area contributed by atoms with Crippen molar-refractivity contribution in [2.45, 2.75) is 65.1 Å². The minimum atomic E-state index is -0.483. The first-order valence-electron chi connectivity index (χ1n) is 8.18. The second-order valence-corrected chi connectivity index (χ2v) is 8.25. The molecule has 1 saturated heterocycles. The summed E-state index contributed by atoms with van der Waals surface area (Å²) >= 11 is 0. The molecule has 1 aromatic rings. The van der Waals surface area contributed by atoms with E-state index >= 15 is 0 Å². The van der Waals surface area contributed by atoms with Crippen molar-refractivity contribution in [2.24, 2.45) is 0 Å². The molecule has 124 valence electrons. The van der Waals surface area contributed by atoms with Crippen LogP contribution in [0.5, 0.6) is 0 Å². The number of anilines is 1. The van der Waals surface area contributed by atoms with E-state index < -0.39 is 12.5 Å². The Kier molecular flexibility index (Phi) is 3.31. The van der Waals surface area contributed by atoms with Gasteiger partial charge in [-0.05, 0) is 65.1 Å². The fourth-order valence-corrected chi connectivity index (χ4v) is 3.51. The number of nitrogens with zero attached hydrogens (tertiary/aromatic N) is 1. The lowest BCUT2D eigenvalue weighted by Crippen LogP contribution is -2.41. The number of likely N-dealkylation sites (N-methyl/N-ethyl adjacent to an activating group) is 1. The third-order valence-electron chi connectivity index (χ3n) is 5.83. The molecule has 0 atom stereocenters. The Bertz CT molecular complexity index is 678. The SMILES string of the molecule is Cc1c(B2OC(C)(C)C(C)(C)O2)ccc2c1N(C)C(=O)C2(C)C. The second-order valence-electron chi connectivity index (χ2n) is 8.25. The smallest absolute Gasteiger partial charge is 0.399 e. The molecule has 2 aliphatic rings. The first-order chi connectivity index (χ1) is 10.4. The molecule has 0 aromatic heterocycles. The van der Waals surface area contributed by atoms with Crippen LogP contribution >= 0.6 is 0 Å². The first kappa shape index (κ1) is 16.5. The third-order valence-corrected chi connectivity index (χ3v) is 5.83. The van der Waals surface area contributed by atoms with Gasteiger partial charge < -0.3 is 14.2 Å². The highest BCUT2D eigenvalue weighted by Gasteiger charge is 2.53. The molecule has 0 aliphatic carbocycles. The number of amides is 1. The Hall–Kier alpha value is -1.33. The summed E-state index contributed by atoms with van der Waals surface area (Å²) in [6.45, 7) is 14.2. The molecule has 1 aromatic carbocycles. The molecule has 3 rings (SSSR count). The highest BCUT2D eigenvalue weighted by Crippen LogP contribution is 2.43. The van der Waals surface area contributed by atoms with E-state index in [0.29, 0.717) is 0 Å². The van der Waals surface area contributed by atoms with Gasteiger partial charge in [0.2, 0.25) is 5.91 Å². The van der Waals surface area contributed by atoms with E-state index in [1.54, 1.807) is 4.90 Å². The molecule has 1 amide bonds. The molecule has 2 aliphatic heterocycles. The monoisotopic (exact) mass is 315 g/mol. The van der Waals surface area contributed by atoms with E-state index in [2.05, 4.69) is 27.7 Å². The van der Waals surface area contributed by atoms with E-state index in [1.807, 2.05) is 40.0 Å². The summed E-state index contributed by atoms with van der Waals surface area (Å²) in [7, 11) is 1.44. The van der Waals surface area contributed by atoms with Gasteiger partial charge in [-0.15, -0.1) is 0 Å². The number of hydrogen-bond donors (Lipinski definition) is 0. The van der Waals surface area contributed by atoms with Crippen molar-refractivity contribution in [2.75, 3.05) is 11.9 Å². The van der Waals surface area contributed by atoms with Crippen LogP contribution in [-0.2, 0) is 19.5 Å². The zero-order valence-corrected chi connectivity index (χ0v) is 15.4. The molecule has 1 fully saturated rings. The van der Waals surface area contributed by atoms with Crippen LogP contribution in [0.1, 0.15) is 52.7 Å². The van der Waals surface area contributed by atoms with Crippen LogP contribution in [0.25, 0.3) is 0 Å². The number of benzene rings is 1. The Balaban J connectivity index is 2.08. The van der Waals surface area contributed by atoms with Gasteiger partial charge in [0.05, 0.1) is 22.3 Å². The van der Waals surface area contributed by atoms with E-state index in [4.69, 9.17) is 9.31 Å². The predicted octanol–water partition coefficient (Wildman–Crippen LogP) is 2.55. The van der Waals surface area contributed by atoms with Gasteiger partial charge in [-0.25, -0.2) is 0 Å². The molecule has 23 heavy (non-hydrogen) atoms. The predicted molar refractivity (Wildman–Crippen MR) is 93.3 cm³/mol. The topological polar surface area (TPSA) is 38.8 Å². The summed E-state index contributed by atoms with van der Waals surface area (Å²) in [5.41, 5.74) is 2.90. The van der Waals surface area contributed by atoms with Gasteiger partial charge in [-0.1, -0.05) is 12.1 Å². The Morgan fingerprint density at radius 1 is 1.00 bits per heavy atom. The van der Waals surface area contributed by atoms with Crippen molar-refractivity contribution < 1.29 is 14.1 Å². The number of rotatable bonds is 1. The fraction of sp³-hybridized carbons (Fsp3) is 0.611. The standard InChI is InChI=1S/C18H26BNO3/c1-11-13(19-22-17(4,5)18(6,7)23-19)10-9-12-14(11)20(8)15(21)16(12,2)3/h9-10H,1-8H3. The summed E-state index contributed by atoms with van der Waals surface area (Å²) in [5.74, 6) is 0.127. The van der Waals surface area contributed by atoms with Gasteiger partial charge in [-0.2, -0.15) is 0 Å². The van der Waals surface area contributed by atoms with E-state index in [9.17, 15) is 4.79 Å². The zero-order chi connectivity index (χ0) is 17.4. The highest BCUT2D eigenvalue weighted by molar-refractivity contribution is 6.63. The maximum Gasteiger partial charge on any atom is 0.495 e. The quantitative estimate of drug-likeness (QED) is 0.748. The van der Waals surface area contributed by atoms with Crippen molar-refractivity contribution in [3.63, 3.8) is 0 Å². The van der Waals surface area contributed by atoms with Crippen LogP contribution in [0.4, 0.5) is 5.69 Å². The van der Waals surface area contributed by atoms with Crippen molar-refractivity contribution in [3.8, 4) is 0 Å². The van der Waals surface area contributed by atoms with Crippen LogP contribution in [0.3, 0.4) is 0 Å². The lowest BCUT2D eigenvalue weighted by molar-refractivity contribution is -0.121. The van der Waals surface area contributed by atoms with Crippen LogP contribution in [0.15, 0.2) is 12.1 Å². The summed E-state index contributed by atoms with van der Waals surface area (Å²) in [4.78, 5) is 14.3. The fourth-order valence-electron chi connectivity index (χ4n) is 3.51. The Morgan fingerprint density at radius 3 is 2.04 bits per heavy atom. The maximum absolute atomic E-state index is 12.5. The molecular formula is C18H26BNO3. The first-order valence-corrected chi connectivity index (χ1v) is 8.18. The molecule has 5 heteroatoms. The van der Waals surface area contributed by atoms with Crippen LogP contribution in [-0.4, -0.2) is 31.3 Å². The minimum absolute atomic E-state index is 0.127. The van der Waals surface area contributed by atoms with Gasteiger partial charge in [0.25, 0.3) is 0 Å². The summed E-state index contributed by atoms with van der Waals surface area (Å²) < 4.78 is 12.4. The van der Waals surface area contributed by atoms with Crippen molar-refractivity contribution in [1.29, 1.82) is 0 Å². The van der Waals surface area contributed by atoms with Gasteiger partial charge in [0, 0.05) is 7.05 Å². The molecule has 0 radical (unpaired) electrons. The van der Waals surface area contributed by atoms with Crippen LogP contribution in [0, 0.1) is 6.92 Å². The van der Waals surface area contributed by atoms with Crippen molar-refractivity contribution in [3.05, 3.63) is 23.3 Å². The minimum Gasteiger partial charge on any atom is -0.399 e. The van der Waals surface area contributed by atoms with Gasteiger partial charge >= 0.3 is 7.12 Å². The van der Waals surface area contributed by atoms with Gasteiger partial charge in [0.1, 0.15) is 0 Å². The molecular weight excluding hydrogens is 289 g/mol. The molecule has 0 unspecified atom stereocenters. The lowest BCUT2D eigenvalue weighted by atomic mass is 9.73. The number of carbonyl (C=O) groups excluding carboxylic acids is 1. The van der Waals surface area contributed by atoms with Crippen LogP contribution in [0.2, 0.25) is 0 Å². The number of hydrogen-bond acceptors (Lipinski definition) is 3. The molecule has 0 saturated carbocycles. The van der Waals surface area contributed by atoms with Crippen molar-refractivity contribution in [1.82, 2.24) is 0 Å². The second kappa shape index (κ2) is 4.61. The molecule has 0 bridgehead atoms. The lowest BCUT2D eigenvalue weighted by Gasteiger charge is -2.32. The average molecular weight is 315 g/mol. The Morgan fingerprint density at radius 2 is 1.52 bits per heavy atom. The molecule has 0 N–H and O–H groups in total. The average Bonchev–Trinajstić information content (AvgIpc) is 2.74. The van der Waals surface area contributed by atoms with Crippen molar-refractivity contribution >= 4 is 24.2 Å².